The molecule has 0 fully saturated rings. The summed E-state index contributed by atoms with van der Waals surface area (Å²) in [5.41, 5.74) is 2.31. The molecular formula is C24H28N3O6-. The Labute approximate surface area is 192 Å². The normalized spacial score (nSPS) is 14.2. The number of carboxylic acid groups (broad SMARTS) is 1. The smallest absolute Gasteiger partial charge is 0.265 e. The standard InChI is InChI=1S/C24H29N3O6/c1-4-33-22-15-17(9-12-21(22)32-3)19-6-5-13-27(26-19)23(28)20(25-24(29)30)14-16-7-10-18(31-2)11-8-16/h7-12,15,20,25H,4-6,13-14H2,1-3H3,(H,29,30)/p-1. The van der Waals surface area contributed by atoms with Crippen LogP contribution in [0.2, 0.25) is 0 Å². The molecule has 0 saturated heterocycles. The maximum absolute atomic E-state index is 13.2. The van der Waals surface area contributed by atoms with Gasteiger partial charge in [0.05, 0.1) is 26.5 Å². The summed E-state index contributed by atoms with van der Waals surface area (Å²) in [6.07, 6.45) is 0.0225. The molecule has 2 aromatic carbocycles. The Bertz CT molecular complexity index is 1010. The van der Waals surface area contributed by atoms with E-state index in [1.54, 1.807) is 44.6 Å². The third kappa shape index (κ3) is 6.15. The van der Waals surface area contributed by atoms with Crippen LogP contribution in [-0.2, 0) is 11.2 Å². The van der Waals surface area contributed by atoms with Crippen LogP contribution >= 0.6 is 0 Å². The fraction of sp³-hybridized carbons (Fsp3) is 0.375. The van der Waals surface area contributed by atoms with Crippen LogP contribution in [0.5, 0.6) is 17.2 Å². The van der Waals surface area contributed by atoms with Gasteiger partial charge in [0.1, 0.15) is 17.9 Å². The number of hydrazone groups is 1. The van der Waals surface area contributed by atoms with Crippen LogP contribution in [0, 0.1) is 0 Å². The van der Waals surface area contributed by atoms with Gasteiger partial charge in [0.2, 0.25) is 0 Å². The Kier molecular flexibility index (Phi) is 8.12. The Morgan fingerprint density at radius 2 is 1.88 bits per heavy atom. The molecule has 1 aliphatic heterocycles. The second kappa shape index (κ2) is 11.2. The lowest BCUT2D eigenvalue weighted by molar-refractivity contribution is -0.251. The summed E-state index contributed by atoms with van der Waals surface area (Å²) < 4.78 is 16.1. The molecule has 1 N–H and O–H groups in total. The largest absolute Gasteiger partial charge is 0.530 e. The SMILES string of the molecule is CCOc1cc(C2=NN(C(=O)C(Cc3ccc(OC)cc3)NC(=O)[O-])CCC2)ccc1OC. The minimum atomic E-state index is -1.51. The molecule has 2 aromatic rings. The Morgan fingerprint density at radius 1 is 1.12 bits per heavy atom. The van der Waals surface area contributed by atoms with E-state index in [2.05, 4.69) is 10.4 Å². The van der Waals surface area contributed by atoms with E-state index in [0.717, 1.165) is 16.8 Å². The van der Waals surface area contributed by atoms with Crippen LogP contribution < -0.4 is 24.6 Å². The van der Waals surface area contributed by atoms with Crippen molar-refractivity contribution in [2.75, 3.05) is 27.4 Å². The Morgan fingerprint density at radius 3 is 2.52 bits per heavy atom. The van der Waals surface area contributed by atoms with Gasteiger partial charge in [0.25, 0.3) is 5.91 Å². The van der Waals surface area contributed by atoms with E-state index < -0.39 is 18.0 Å². The molecule has 9 heteroatoms. The highest BCUT2D eigenvalue weighted by Crippen LogP contribution is 2.29. The summed E-state index contributed by atoms with van der Waals surface area (Å²) in [4.78, 5) is 24.5. The molecule has 0 bridgehead atoms. The van der Waals surface area contributed by atoms with E-state index in [1.165, 1.54) is 5.01 Å². The van der Waals surface area contributed by atoms with E-state index >= 15 is 0 Å². The van der Waals surface area contributed by atoms with Crippen LogP contribution in [-0.4, -0.2) is 56.1 Å². The lowest BCUT2D eigenvalue weighted by Gasteiger charge is -2.28. The number of amides is 2. The summed E-state index contributed by atoms with van der Waals surface area (Å²) >= 11 is 0. The van der Waals surface area contributed by atoms with Crippen molar-refractivity contribution in [1.29, 1.82) is 0 Å². The quantitative estimate of drug-likeness (QED) is 0.620. The Balaban J connectivity index is 1.83. The molecule has 0 aliphatic carbocycles. The zero-order valence-corrected chi connectivity index (χ0v) is 19.0. The van der Waals surface area contributed by atoms with Crippen molar-refractivity contribution in [3.05, 3.63) is 53.6 Å². The highest BCUT2D eigenvalue weighted by molar-refractivity contribution is 6.02. The fourth-order valence-corrected chi connectivity index (χ4v) is 3.65. The molecule has 0 spiro atoms. The highest BCUT2D eigenvalue weighted by Gasteiger charge is 2.27. The van der Waals surface area contributed by atoms with E-state index in [9.17, 15) is 14.7 Å². The van der Waals surface area contributed by atoms with Gasteiger partial charge in [-0.25, -0.2) is 5.01 Å². The number of hydrogen-bond acceptors (Lipinski definition) is 7. The van der Waals surface area contributed by atoms with Crippen molar-refractivity contribution in [2.24, 2.45) is 5.10 Å². The third-order valence-corrected chi connectivity index (χ3v) is 5.27. The lowest BCUT2D eigenvalue weighted by Crippen LogP contribution is -2.52. The molecule has 0 radical (unpaired) electrons. The van der Waals surface area contributed by atoms with Crippen molar-refractivity contribution < 1.29 is 28.9 Å². The number of methoxy groups -OCH3 is 2. The van der Waals surface area contributed by atoms with Crippen molar-refractivity contribution in [3.8, 4) is 17.2 Å². The van der Waals surface area contributed by atoms with Crippen LogP contribution in [0.3, 0.4) is 0 Å². The molecule has 0 aromatic heterocycles. The van der Waals surface area contributed by atoms with Gasteiger partial charge in [0.15, 0.2) is 11.5 Å². The summed E-state index contributed by atoms with van der Waals surface area (Å²) in [5.74, 6) is 1.44. The lowest BCUT2D eigenvalue weighted by atomic mass is 10.0. The predicted molar refractivity (Wildman–Crippen MR) is 121 cm³/mol. The molecule has 3 rings (SSSR count). The summed E-state index contributed by atoms with van der Waals surface area (Å²) in [6.45, 7) is 2.77. The number of hydrogen-bond donors (Lipinski definition) is 1. The number of nitrogens with zero attached hydrogens (tertiary/aromatic N) is 2. The topological polar surface area (TPSA) is 113 Å². The second-order valence-electron chi connectivity index (χ2n) is 7.45. The van der Waals surface area contributed by atoms with E-state index in [4.69, 9.17) is 14.2 Å². The van der Waals surface area contributed by atoms with Gasteiger partial charge < -0.3 is 29.4 Å². The van der Waals surface area contributed by atoms with Crippen molar-refractivity contribution >= 4 is 17.7 Å². The summed E-state index contributed by atoms with van der Waals surface area (Å²) in [7, 11) is 3.13. The minimum Gasteiger partial charge on any atom is -0.530 e. The molecule has 1 atom stereocenters. The first-order chi connectivity index (χ1) is 15.9. The number of rotatable bonds is 9. The molecule has 33 heavy (non-hydrogen) atoms. The molecule has 0 saturated carbocycles. The van der Waals surface area contributed by atoms with E-state index in [1.807, 2.05) is 19.1 Å². The van der Waals surface area contributed by atoms with Gasteiger partial charge in [-0.15, -0.1) is 0 Å². The molecule has 1 aliphatic rings. The molecule has 176 valence electrons. The number of benzene rings is 2. The summed E-state index contributed by atoms with van der Waals surface area (Å²) in [5, 5.41) is 19.3. The number of ether oxygens (including phenoxy) is 3. The fourth-order valence-electron chi connectivity index (χ4n) is 3.65. The average molecular weight is 455 g/mol. The molecule has 1 heterocycles. The van der Waals surface area contributed by atoms with Crippen molar-refractivity contribution in [3.63, 3.8) is 0 Å². The predicted octanol–water partition coefficient (Wildman–Crippen LogP) is 1.97. The van der Waals surface area contributed by atoms with Gasteiger partial charge in [-0.3, -0.25) is 4.79 Å². The van der Waals surface area contributed by atoms with Gasteiger partial charge in [-0.05, 0) is 55.7 Å². The zero-order valence-electron chi connectivity index (χ0n) is 19.0. The van der Waals surface area contributed by atoms with Crippen LogP contribution in [0.1, 0.15) is 30.9 Å². The first kappa shape index (κ1) is 23.9. The van der Waals surface area contributed by atoms with Crippen LogP contribution in [0.4, 0.5) is 4.79 Å². The van der Waals surface area contributed by atoms with E-state index in [0.29, 0.717) is 43.2 Å². The summed E-state index contributed by atoms with van der Waals surface area (Å²) in [6, 6.07) is 11.6. The van der Waals surface area contributed by atoms with E-state index in [-0.39, 0.29) is 6.42 Å². The number of nitrogens with one attached hydrogen (secondary N) is 1. The third-order valence-electron chi connectivity index (χ3n) is 5.27. The first-order valence-corrected chi connectivity index (χ1v) is 10.8. The van der Waals surface area contributed by atoms with Gasteiger partial charge >= 0.3 is 0 Å². The molecule has 1 unspecified atom stereocenters. The zero-order chi connectivity index (χ0) is 23.8. The van der Waals surface area contributed by atoms with Crippen LogP contribution in [0.15, 0.2) is 47.6 Å². The highest BCUT2D eigenvalue weighted by atomic mass is 16.5. The average Bonchev–Trinajstić information content (AvgIpc) is 2.83. The van der Waals surface area contributed by atoms with Gasteiger partial charge in [-0.2, -0.15) is 5.10 Å². The van der Waals surface area contributed by atoms with Gasteiger partial charge in [0, 0.05) is 18.5 Å². The molecule has 9 nitrogen and oxygen atoms in total. The minimum absolute atomic E-state index is 0.162. The van der Waals surface area contributed by atoms with Crippen molar-refractivity contribution in [2.45, 2.75) is 32.2 Å². The van der Waals surface area contributed by atoms with Crippen molar-refractivity contribution in [1.82, 2.24) is 10.3 Å². The molecular weight excluding hydrogens is 426 g/mol. The van der Waals surface area contributed by atoms with Gasteiger partial charge in [-0.1, -0.05) is 12.1 Å². The Hall–Kier alpha value is -3.75. The first-order valence-electron chi connectivity index (χ1n) is 10.8. The number of carbonyl (C=O) groups is 2. The second-order valence-corrected chi connectivity index (χ2v) is 7.45. The monoisotopic (exact) mass is 454 g/mol. The maximum Gasteiger partial charge on any atom is 0.265 e. The van der Waals surface area contributed by atoms with Crippen LogP contribution in [0.25, 0.3) is 0 Å². The maximum atomic E-state index is 13.2. The molecule has 2 amide bonds. The number of carbonyl (C=O) groups excluding carboxylic acids is 2.